The van der Waals surface area contributed by atoms with Crippen LogP contribution in [-0.4, -0.2) is 28.5 Å². The molecule has 5 nitrogen and oxygen atoms in total. The van der Waals surface area contributed by atoms with Crippen LogP contribution >= 0.6 is 11.6 Å². The predicted molar refractivity (Wildman–Crippen MR) is 77.7 cm³/mol. The van der Waals surface area contributed by atoms with E-state index >= 15 is 0 Å². The molecule has 1 unspecified atom stereocenters. The van der Waals surface area contributed by atoms with Crippen LogP contribution in [0.25, 0.3) is 0 Å². The molecule has 0 saturated heterocycles. The summed E-state index contributed by atoms with van der Waals surface area (Å²) >= 11 is 6.02. The number of aromatic nitrogens is 1. The molecular weight excluding hydrogens is 292 g/mol. The lowest BCUT2D eigenvalue weighted by atomic mass is 10.0. The predicted octanol–water partition coefficient (Wildman–Crippen LogP) is 2.56. The Morgan fingerprint density at radius 3 is 2.76 bits per heavy atom. The van der Waals surface area contributed by atoms with Gasteiger partial charge < -0.3 is 10.0 Å². The van der Waals surface area contributed by atoms with Gasteiger partial charge in [0.2, 0.25) is 0 Å². The third-order valence-electron chi connectivity index (χ3n) is 3.51. The number of carbonyl (C=O) groups excluding carboxylic acids is 1. The van der Waals surface area contributed by atoms with E-state index in [0.29, 0.717) is 16.3 Å². The van der Waals surface area contributed by atoms with Crippen LogP contribution in [0.4, 0.5) is 5.69 Å². The monoisotopic (exact) mass is 302 g/mol. The van der Waals surface area contributed by atoms with Crippen molar-refractivity contribution in [1.29, 1.82) is 0 Å². The maximum absolute atomic E-state index is 12.6. The number of carboxylic acids is 1. The highest BCUT2D eigenvalue weighted by atomic mass is 35.5. The van der Waals surface area contributed by atoms with Gasteiger partial charge in [-0.25, -0.2) is 0 Å². The topological polar surface area (TPSA) is 70.5 Å². The largest absolute Gasteiger partial charge is 0.481 e. The van der Waals surface area contributed by atoms with Gasteiger partial charge >= 0.3 is 5.97 Å². The Kier molecular flexibility index (Phi) is 3.35. The summed E-state index contributed by atoms with van der Waals surface area (Å²) < 4.78 is 0. The number of aliphatic carboxylic acids is 1. The van der Waals surface area contributed by atoms with Crippen molar-refractivity contribution < 1.29 is 14.7 Å². The second kappa shape index (κ2) is 5.18. The van der Waals surface area contributed by atoms with E-state index < -0.39 is 11.9 Å². The Bertz CT molecular complexity index is 732. The van der Waals surface area contributed by atoms with Gasteiger partial charge in [-0.15, -0.1) is 0 Å². The second-order valence-electron chi connectivity index (χ2n) is 4.72. The molecule has 0 bridgehead atoms. The summed E-state index contributed by atoms with van der Waals surface area (Å²) in [6, 6.07) is 8.53. The molecular formula is C15H11ClN2O3. The van der Waals surface area contributed by atoms with Crippen LogP contribution in [0.2, 0.25) is 5.02 Å². The molecule has 1 amide bonds. The van der Waals surface area contributed by atoms with Crippen LogP contribution in [0.5, 0.6) is 0 Å². The van der Waals surface area contributed by atoms with Crippen molar-refractivity contribution in [3.05, 3.63) is 58.9 Å². The molecule has 0 spiro atoms. The summed E-state index contributed by atoms with van der Waals surface area (Å²) in [5.41, 5.74) is 1.51. The zero-order chi connectivity index (χ0) is 15.0. The molecule has 3 rings (SSSR count). The maximum Gasteiger partial charge on any atom is 0.312 e. The van der Waals surface area contributed by atoms with E-state index in [1.54, 1.807) is 24.3 Å². The summed E-state index contributed by atoms with van der Waals surface area (Å²) in [6.07, 6.45) is 2.89. The first-order chi connectivity index (χ1) is 10.1. The first-order valence-corrected chi connectivity index (χ1v) is 6.70. The van der Waals surface area contributed by atoms with Crippen molar-refractivity contribution in [3.63, 3.8) is 0 Å². The number of para-hydroxylation sites is 1. The van der Waals surface area contributed by atoms with Crippen LogP contribution in [0.1, 0.15) is 21.8 Å². The van der Waals surface area contributed by atoms with Gasteiger partial charge in [0.15, 0.2) is 0 Å². The number of benzene rings is 1. The van der Waals surface area contributed by atoms with Gasteiger partial charge in [-0.05, 0) is 17.7 Å². The van der Waals surface area contributed by atoms with Crippen molar-refractivity contribution in [2.45, 2.75) is 5.92 Å². The highest BCUT2D eigenvalue weighted by Crippen LogP contribution is 2.37. The lowest BCUT2D eigenvalue weighted by Gasteiger charge is -2.17. The summed E-state index contributed by atoms with van der Waals surface area (Å²) in [6.45, 7) is 0.0960. The number of nitrogens with zero attached hydrogens (tertiary/aromatic N) is 2. The smallest absolute Gasteiger partial charge is 0.312 e. The molecule has 2 aromatic rings. The number of rotatable bonds is 2. The van der Waals surface area contributed by atoms with E-state index in [2.05, 4.69) is 4.98 Å². The summed E-state index contributed by atoms with van der Waals surface area (Å²) in [7, 11) is 0. The zero-order valence-corrected chi connectivity index (χ0v) is 11.6. The van der Waals surface area contributed by atoms with Gasteiger partial charge in [-0.3, -0.25) is 14.6 Å². The van der Waals surface area contributed by atoms with Gasteiger partial charge in [-0.2, -0.15) is 0 Å². The van der Waals surface area contributed by atoms with Gasteiger partial charge in [0.25, 0.3) is 5.91 Å². The molecule has 0 fully saturated rings. The molecule has 1 aliphatic rings. The Balaban J connectivity index is 2.03. The molecule has 0 radical (unpaired) electrons. The molecule has 106 valence electrons. The van der Waals surface area contributed by atoms with E-state index in [4.69, 9.17) is 11.6 Å². The molecule has 1 aromatic heterocycles. The SMILES string of the molecule is O=C(O)C1CN(C(=O)c2cnccc2Cl)c2ccccc21. The van der Waals surface area contributed by atoms with Gasteiger partial charge in [-0.1, -0.05) is 29.8 Å². The fourth-order valence-electron chi connectivity index (χ4n) is 2.49. The molecule has 1 aliphatic heterocycles. The molecule has 21 heavy (non-hydrogen) atoms. The minimum Gasteiger partial charge on any atom is -0.481 e. The van der Waals surface area contributed by atoms with Crippen LogP contribution in [-0.2, 0) is 4.79 Å². The standard InChI is InChI=1S/C15H11ClN2O3/c16-12-5-6-17-7-10(12)14(19)18-8-11(15(20)21)9-3-1-2-4-13(9)18/h1-7,11H,8H2,(H,20,21). The molecule has 6 heteroatoms. The molecule has 2 heterocycles. The Morgan fingerprint density at radius 2 is 2.05 bits per heavy atom. The Labute approximate surface area is 125 Å². The van der Waals surface area contributed by atoms with E-state index in [9.17, 15) is 14.7 Å². The molecule has 1 N–H and O–H groups in total. The highest BCUT2D eigenvalue weighted by molar-refractivity contribution is 6.34. The fraction of sp³-hybridized carbons (Fsp3) is 0.133. The van der Waals surface area contributed by atoms with Crippen molar-refractivity contribution >= 4 is 29.2 Å². The van der Waals surface area contributed by atoms with Crippen molar-refractivity contribution in [3.8, 4) is 0 Å². The highest BCUT2D eigenvalue weighted by Gasteiger charge is 2.37. The maximum atomic E-state index is 12.6. The Morgan fingerprint density at radius 1 is 1.29 bits per heavy atom. The number of carboxylic acid groups (broad SMARTS) is 1. The molecule has 1 atom stereocenters. The lowest BCUT2D eigenvalue weighted by Crippen LogP contribution is -2.31. The number of hydrogen-bond donors (Lipinski definition) is 1. The number of amides is 1. The third kappa shape index (κ3) is 2.25. The molecule has 0 aliphatic carbocycles. The lowest BCUT2D eigenvalue weighted by molar-refractivity contribution is -0.138. The normalized spacial score (nSPS) is 16.6. The second-order valence-corrected chi connectivity index (χ2v) is 5.13. The van der Waals surface area contributed by atoms with E-state index in [0.717, 1.165) is 0 Å². The van der Waals surface area contributed by atoms with E-state index in [1.807, 2.05) is 0 Å². The number of hydrogen-bond acceptors (Lipinski definition) is 3. The summed E-state index contributed by atoms with van der Waals surface area (Å²) in [4.78, 5) is 29.3. The number of pyridine rings is 1. The number of fused-ring (bicyclic) bond motifs is 1. The van der Waals surface area contributed by atoms with Crippen molar-refractivity contribution in [2.24, 2.45) is 0 Å². The van der Waals surface area contributed by atoms with E-state index in [1.165, 1.54) is 23.4 Å². The average molecular weight is 303 g/mol. The molecule has 0 saturated carbocycles. The van der Waals surface area contributed by atoms with Crippen LogP contribution in [0, 0.1) is 0 Å². The summed E-state index contributed by atoms with van der Waals surface area (Å²) in [5, 5.41) is 9.61. The van der Waals surface area contributed by atoms with Gasteiger partial charge in [0.1, 0.15) is 5.92 Å². The number of anilines is 1. The first-order valence-electron chi connectivity index (χ1n) is 6.32. The van der Waals surface area contributed by atoms with Crippen LogP contribution in [0.3, 0.4) is 0 Å². The van der Waals surface area contributed by atoms with E-state index in [-0.39, 0.29) is 18.0 Å². The summed E-state index contributed by atoms with van der Waals surface area (Å²) in [5.74, 6) is -2.01. The Hall–Kier alpha value is -2.40. The van der Waals surface area contributed by atoms with Crippen molar-refractivity contribution in [1.82, 2.24) is 4.98 Å². The quantitative estimate of drug-likeness (QED) is 0.925. The minimum absolute atomic E-state index is 0.0960. The minimum atomic E-state index is -0.949. The molecule has 1 aromatic carbocycles. The first kappa shape index (κ1) is 13.6. The van der Waals surface area contributed by atoms with Gasteiger partial charge in [0, 0.05) is 24.6 Å². The van der Waals surface area contributed by atoms with Crippen LogP contribution in [0.15, 0.2) is 42.7 Å². The number of carbonyl (C=O) groups is 2. The average Bonchev–Trinajstić information content (AvgIpc) is 2.87. The van der Waals surface area contributed by atoms with Crippen LogP contribution < -0.4 is 4.90 Å². The fourth-order valence-corrected chi connectivity index (χ4v) is 2.68. The zero-order valence-electron chi connectivity index (χ0n) is 10.9. The number of halogens is 1. The van der Waals surface area contributed by atoms with Gasteiger partial charge in [0.05, 0.1) is 10.6 Å². The third-order valence-corrected chi connectivity index (χ3v) is 3.84. The van der Waals surface area contributed by atoms with Crippen molar-refractivity contribution in [2.75, 3.05) is 11.4 Å².